The van der Waals surface area contributed by atoms with Crippen LogP contribution in [0.25, 0.3) is 67.6 Å². The summed E-state index contributed by atoms with van der Waals surface area (Å²) in [6, 6.07) is 29.5. The molecule has 0 amide bonds. The topological polar surface area (TPSA) is 180 Å². The SMILES string of the molecule is C.Cn1nc(-c2ccccc2)c(O)c1-c1nc2ccc(CO)cc2[nH]1.Cn1nc(-c2ccccc2)c(O)c1-c1nc2ccc(OC=O)cc2[nH]1.PP(P)P(P)P(P(P(P)P)P(P)P)P(P(P(P)P)P(P)P)P(P(P(P(P)P)P(P)P)P(P(P)P)P(P)P)P(P(P(P)P)P(P)P)P(P(P)P)P(P)P. The molecule has 0 saturated heterocycles. The van der Waals surface area contributed by atoms with Gasteiger partial charge in [0.05, 0.1) is 28.7 Å². The van der Waals surface area contributed by atoms with Gasteiger partial charge in [-0.05, 0) is 205 Å². The first-order valence-corrected chi connectivity index (χ1v) is 121. The van der Waals surface area contributed by atoms with Crippen LogP contribution in [-0.4, -0.2) is 61.3 Å². The van der Waals surface area contributed by atoms with Crippen molar-refractivity contribution in [3.8, 4) is 62.8 Å². The molecule has 30 atom stereocenters. The predicted molar refractivity (Wildman–Crippen MR) is 625 cm³/mol. The first-order valence-electron chi connectivity index (χ1n) is 26.9. The summed E-state index contributed by atoms with van der Waals surface area (Å²) in [6.07, 6.45) is 0. The van der Waals surface area contributed by atoms with Gasteiger partial charge in [-0.1, -0.05) is 74.2 Å². The number of rotatable bonds is 31. The molecule has 0 bridgehead atoms. The Morgan fingerprint density at radius 3 is 1.00 bits per heavy atom. The Kier molecular flexibility index (Phi) is 57.5. The van der Waals surface area contributed by atoms with Gasteiger partial charge in [0.25, 0.3) is 6.47 Å². The van der Waals surface area contributed by atoms with E-state index in [0.29, 0.717) is 57.7 Å². The van der Waals surface area contributed by atoms with Gasteiger partial charge in [-0.2, -0.15) is 10.2 Å². The maximum absolute atomic E-state index is 10.7. The number of fused-ring (bicyclic) bond motifs is 2. The highest BCUT2D eigenvalue weighted by molar-refractivity contribution is 9.52. The zero-order valence-corrected chi connectivity index (χ0v) is 107. The third kappa shape index (κ3) is 30.7. The number of benzene rings is 4. The van der Waals surface area contributed by atoms with Crippen molar-refractivity contribution in [2.45, 2.75) is 14.0 Å². The van der Waals surface area contributed by atoms with Gasteiger partial charge in [0.15, 0.2) is 23.1 Å². The lowest BCUT2D eigenvalue weighted by molar-refractivity contribution is -0.120. The number of carbonyl (C=O) groups is 1. The molecule has 102 heavy (non-hydrogen) atoms. The van der Waals surface area contributed by atoms with Crippen LogP contribution in [-0.2, 0) is 25.5 Å². The average molecular weight is 2340 g/mol. The van der Waals surface area contributed by atoms with Crippen molar-refractivity contribution in [3.63, 3.8) is 0 Å². The van der Waals surface area contributed by atoms with Crippen LogP contribution in [0.2, 0.25) is 0 Å². The molecule has 5 N–H and O–H groups in total. The molecule has 566 valence electrons. The predicted octanol–water partition coefficient (Wildman–Crippen LogP) is 36.7. The summed E-state index contributed by atoms with van der Waals surface area (Å²) in [5, 5.41) is 39.4. The Bertz CT molecular complexity index is 3740. The van der Waals surface area contributed by atoms with Crippen LogP contribution in [0.1, 0.15) is 13.0 Å². The number of imidazole rings is 2. The second kappa shape index (κ2) is 54.2. The molecular weight excluding hydrogens is 2250 g/mol. The fourth-order valence-corrected chi connectivity index (χ4v) is 737. The summed E-state index contributed by atoms with van der Waals surface area (Å²) in [5.74, 6) is 1.57. The number of carbonyl (C=O) groups excluding carboxylic acids is 1. The molecule has 8 aromatic rings. The Hall–Kier alpha value is 15.6. The van der Waals surface area contributed by atoms with Crippen molar-refractivity contribution in [1.29, 1.82) is 0 Å². The summed E-state index contributed by atoms with van der Waals surface area (Å²) in [7, 11) is 97.8. The molecule has 65 heteroatoms. The molecule has 0 fully saturated rings. The van der Waals surface area contributed by atoms with Crippen LogP contribution < -0.4 is 4.74 Å². The van der Waals surface area contributed by atoms with Gasteiger partial charge in [-0.15, -0.1) is 241 Å². The number of aromatic hydroxyl groups is 2. The number of aromatic amines is 2. The molecule has 0 aliphatic rings. The van der Waals surface area contributed by atoms with E-state index < -0.39 is 0 Å². The van der Waals surface area contributed by atoms with Crippen LogP contribution >= 0.6 is 416 Å². The lowest BCUT2D eigenvalue weighted by Gasteiger charge is -2.58. The molecule has 0 spiro atoms. The van der Waals surface area contributed by atoms with Crippen molar-refractivity contribution in [2.24, 2.45) is 14.1 Å². The number of nitrogens with zero attached hydrogens (tertiary/aromatic N) is 6. The van der Waals surface area contributed by atoms with Crippen molar-refractivity contribution in [1.82, 2.24) is 39.5 Å². The van der Waals surface area contributed by atoms with E-state index in [1.807, 2.05) is 78.9 Å². The number of aliphatic hydroxyl groups is 1. The maximum Gasteiger partial charge on any atom is 0.298 e. The van der Waals surface area contributed by atoms with Crippen molar-refractivity contribution >= 4 is 444 Å². The summed E-state index contributed by atoms with van der Waals surface area (Å²) >= 11 is 0. The van der Waals surface area contributed by atoms with Gasteiger partial charge >= 0.3 is 0 Å². The van der Waals surface area contributed by atoms with Crippen LogP contribution in [0, 0.1) is 0 Å². The quantitative estimate of drug-likeness (QED) is 0.0209. The van der Waals surface area contributed by atoms with E-state index in [1.54, 1.807) is 41.7 Å². The van der Waals surface area contributed by atoms with E-state index in [9.17, 15) is 20.1 Å². The molecule has 8 rings (SSSR count). The fraction of sp³-hybridized carbons (Fsp3) is 0.108. The third-order valence-electron chi connectivity index (χ3n) is 12.5. The summed E-state index contributed by atoms with van der Waals surface area (Å²) in [4.78, 5) is 25.8. The monoisotopic (exact) mass is 2340 g/mol. The number of H-pyrrole nitrogens is 2. The van der Waals surface area contributed by atoms with E-state index in [1.165, 1.54) is 0 Å². The third-order valence-corrected chi connectivity index (χ3v) is 372. The van der Waals surface area contributed by atoms with E-state index in [0.717, 1.165) is 27.7 Å². The average Bonchev–Trinajstić information content (AvgIpc) is 1.08. The summed E-state index contributed by atoms with van der Waals surface area (Å²) < 4.78 is 8.04. The highest BCUT2D eigenvalue weighted by atomic mass is 33.6. The Morgan fingerprint density at radius 1 is 0.402 bits per heavy atom. The molecule has 0 saturated carbocycles. The van der Waals surface area contributed by atoms with Crippen molar-refractivity contribution < 1.29 is 24.9 Å². The zero-order valence-electron chi connectivity index (χ0n) is 53.1. The van der Waals surface area contributed by atoms with Crippen LogP contribution in [0.5, 0.6) is 17.2 Å². The number of nitrogens with one attached hydrogen (secondary N) is 2. The molecule has 0 aliphatic heterocycles. The molecule has 30 unspecified atom stereocenters. The van der Waals surface area contributed by atoms with Gasteiger partial charge in [0, 0.05) is 31.3 Å². The second-order valence-corrected chi connectivity index (χ2v) is 233. The van der Waals surface area contributed by atoms with Gasteiger partial charge in [-0.25, -0.2) is 9.97 Å². The van der Waals surface area contributed by atoms with E-state index in [-0.39, 0.29) is 200 Å². The number of ether oxygens (including phenoxy) is 1. The number of hydrogen-bond donors (Lipinski definition) is 5. The van der Waals surface area contributed by atoms with Crippen LogP contribution in [0.15, 0.2) is 97.1 Å². The maximum atomic E-state index is 10.7. The van der Waals surface area contributed by atoms with Gasteiger partial charge < -0.3 is 30.0 Å². The molecule has 4 heterocycles. The largest absolute Gasteiger partial charge is 0.504 e. The number of aromatic nitrogens is 8. The zero-order chi connectivity index (χ0) is 75.5. The van der Waals surface area contributed by atoms with E-state index in [4.69, 9.17) is 4.74 Å². The van der Waals surface area contributed by atoms with Gasteiger partial charge in [0.1, 0.15) is 28.5 Å². The minimum absolute atomic E-state index is 0. The van der Waals surface area contributed by atoms with Crippen LogP contribution in [0.4, 0.5) is 0 Å². The van der Waals surface area contributed by atoms with Gasteiger partial charge in [0.2, 0.25) is 0 Å². The highest BCUT2D eigenvalue weighted by Gasteiger charge is 2.59. The smallest absolute Gasteiger partial charge is 0.298 e. The Labute approximate surface area is 694 Å². The number of hydrogen-bond acceptors (Lipinski definition) is 9. The summed E-state index contributed by atoms with van der Waals surface area (Å²) in [5.41, 5.74) is 7.43. The first-order chi connectivity index (χ1) is 47.4. The molecular formula is C37H88N8O5P52. The molecule has 4 aromatic carbocycles. The van der Waals surface area contributed by atoms with Crippen molar-refractivity contribution in [3.05, 3.63) is 103 Å². The first kappa shape index (κ1) is 108. The second-order valence-electron chi connectivity index (χ2n) is 19.4. The lowest BCUT2D eigenvalue weighted by atomic mass is 10.1. The normalized spacial score (nSPS) is 13.5. The van der Waals surface area contributed by atoms with E-state index >= 15 is 0 Å². The molecule has 0 radical (unpaired) electrons. The standard InChI is InChI=1S/C18H14N4O3.C18H16N4O2.CH4.H54P52/c1-22-16(17(24)15(21-22)11-5-3-2-4-6-11)18-19-13-8-7-12(25-10-23)9-14(13)20-18;1-22-16(17(24)15(21-22)12-5-3-2-4-6-12)18-19-13-8-7-11(10-23)9-14(13)20-18;;1-28(2)41(27)48(42(29(3)4)30(5)6)51(47(39(23)24)40(25)26)52(49(43(31(7)8)32(9)10)44(33(11)12)34(13)14)50(45(35(15)16)36(17)18)46(37(19)20)38(21)22/h2-10,24H,1H3,(H,19,20);2-9,23-24H,10H2,1H3,(H,19,20);1H4;1-27H2. The minimum atomic E-state index is -0.217. The molecule has 0 aliphatic carbocycles. The van der Waals surface area contributed by atoms with E-state index in [2.05, 4.69) is 271 Å². The minimum Gasteiger partial charge on any atom is -0.504 e. The highest BCUT2D eigenvalue weighted by Crippen LogP contribution is 3.46. The summed E-state index contributed by atoms with van der Waals surface area (Å²) in [6.45, 7) is -4.13. The van der Waals surface area contributed by atoms with Gasteiger partial charge in [-0.3, -0.25) is 14.2 Å². The van der Waals surface area contributed by atoms with Crippen molar-refractivity contribution in [2.75, 3.05) is 0 Å². The molecule has 13 nitrogen and oxygen atoms in total. The molecule has 4 aromatic heterocycles. The number of aliphatic hydroxyl groups excluding tert-OH is 1. The lowest BCUT2D eigenvalue weighted by Crippen LogP contribution is -1.95. The Balaban J connectivity index is 0.000000306. The van der Waals surface area contributed by atoms with Crippen LogP contribution in [0.3, 0.4) is 0 Å². The number of aryl methyl sites for hydroxylation is 2. The fourth-order valence-electron chi connectivity index (χ4n) is 8.64. The Morgan fingerprint density at radius 2 is 0.696 bits per heavy atom.